The molecule has 1 amide bonds. The van der Waals surface area contributed by atoms with Gasteiger partial charge < -0.3 is 9.88 Å². The van der Waals surface area contributed by atoms with Crippen molar-refractivity contribution in [2.45, 2.75) is 23.9 Å². The molecular weight excluding hydrogens is 362 g/mol. The van der Waals surface area contributed by atoms with Crippen molar-refractivity contribution in [2.75, 3.05) is 24.2 Å². The lowest BCUT2D eigenvalue weighted by Crippen LogP contribution is -2.30. The molecule has 0 bridgehead atoms. The molecule has 0 saturated carbocycles. The van der Waals surface area contributed by atoms with E-state index in [1.807, 2.05) is 0 Å². The fourth-order valence-corrected chi connectivity index (χ4v) is 4.30. The quantitative estimate of drug-likeness (QED) is 0.695. The van der Waals surface area contributed by atoms with E-state index < -0.39 is 10.0 Å². The highest BCUT2D eigenvalue weighted by atomic mass is 32.2. The zero-order valence-corrected chi connectivity index (χ0v) is 16.0. The SMILES string of the molecule is CCN(CC)S(=O)(=O)c1ccc(NC(=O)CSc2nncn2C)cc1. The zero-order chi connectivity index (χ0) is 18.4. The number of aromatic nitrogens is 3. The van der Waals surface area contributed by atoms with Crippen molar-refractivity contribution in [3.8, 4) is 0 Å². The summed E-state index contributed by atoms with van der Waals surface area (Å²) in [4.78, 5) is 12.2. The third kappa shape index (κ3) is 4.80. The van der Waals surface area contributed by atoms with Gasteiger partial charge in [0.05, 0.1) is 10.6 Å². The number of aryl methyl sites for hydroxylation is 1. The highest BCUT2D eigenvalue weighted by Gasteiger charge is 2.21. The number of carbonyl (C=O) groups is 1. The van der Waals surface area contributed by atoms with Crippen molar-refractivity contribution in [2.24, 2.45) is 7.05 Å². The first-order chi connectivity index (χ1) is 11.9. The molecule has 10 heteroatoms. The molecule has 0 spiro atoms. The number of hydrogen-bond donors (Lipinski definition) is 1. The van der Waals surface area contributed by atoms with E-state index in [1.54, 1.807) is 43.9 Å². The fourth-order valence-electron chi connectivity index (χ4n) is 2.15. The molecule has 1 N–H and O–H groups in total. The Morgan fingerprint density at radius 2 is 1.88 bits per heavy atom. The van der Waals surface area contributed by atoms with Gasteiger partial charge in [-0.25, -0.2) is 8.42 Å². The van der Waals surface area contributed by atoms with Crippen LogP contribution < -0.4 is 5.32 Å². The lowest BCUT2D eigenvalue weighted by Gasteiger charge is -2.18. The average molecular weight is 383 g/mol. The molecule has 0 fully saturated rings. The Morgan fingerprint density at radius 1 is 1.24 bits per heavy atom. The van der Waals surface area contributed by atoms with E-state index >= 15 is 0 Å². The second-order valence-corrected chi connectivity index (χ2v) is 8.06. The summed E-state index contributed by atoms with van der Waals surface area (Å²) in [6.07, 6.45) is 1.56. The number of benzene rings is 1. The van der Waals surface area contributed by atoms with Gasteiger partial charge in [0.25, 0.3) is 0 Å². The van der Waals surface area contributed by atoms with Gasteiger partial charge in [0, 0.05) is 25.8 Å². The number of rotatable bonds is 8. The van der Waals surface area contributed by atoms with E-state index in [-0.39, 0.29) is 16.6 Å². The van der Waals surface area contributed by atoms with Gasteiger partial charge in [-0.15, -0.1) is 10.2 Å². The molecule has 8 nitrogen and oxygen atoms in total. The third-order valence-corrected chi connectivity index (χ3v) is 6.58. The summed E-state index contributed by atoms with van der Waals surface area (Å²) in [5.41, 5.74) is 0.544. The van der Waals surface area contributed by atoms with Crippen LogP contribution in [-0.2, 0) is 21.9 Å². The molecule has 0 unspecified atom stereocenters. The number of anilines is 1. The Balaban J connectivity index is 1.98. The van der Waals surface area contributed by atoms with Crippen molar-refractivity contribution in [3.63, 3.8) is 0 Å². The van der Waals surface area contributed by atoms with Gasteiger partial charge in [-0.3, -0.25) is 4.79 Å². The lowest BCUT2D eigenvalue weighted by atomic mass is 10.3. The molecule has 1 heterocycles. The maximum atomic E-state index is 12.4. The van der Waals surface area contributed by atoms with Crippen molar-refractivity contribution in [1.29, 1.82) is 0 Å². The minimum Gasteiger partial charge on any atom is -0.325 e. The lowest BCUT2D eigenvalue weighted by molar-refractivity contribution is -0.113. The number of hydrogen-bond acceptors (Lipinski definition) is 6. The molecule has 2 aromatic rings. The maximum absolute atomic E-state index is 12.4. The minimum atomic E-state index is -3.49. The predicted molar refractivity (Wildman–Crippen MR) is 96.9 cm³/mol. The highest BCUT2D eigenvalue weighted by molar-refractivity contribution is 7.99. The summed E-state index contributed by atoms with van der Waals surface area (Å²) < 4.78 is 27.9. The van der Waals surface area contributed by atoms with Crippen LogP contribution in [-0.4, -0.2) is 52.2 Å². The summed E-state index contributed by atoms with van der Waals surface area (Å²) in [6.45, 7) is 4.42. The Hall–Kier alpha value is -1.91. The Morgan fingerprint density at radius 3 is 2.40 bits per heavy atom. The van der Waals surface area contributed by atoms with Gasteiger partial charge in [-0.1, -0.05) is 25.6 Å². The van der Waals surface area contributed by atoms with E-state index in [4.69, 9.17) is 0 Å². The minimum absolute atomic E-state index is 0.187. The summed E-state index contributed by atoms with van der Waals surface area (Å²) in [5.74, 6) is -0.0150. The molecule has 0 atom stereocenters. The number of amides is 1. The number of nitrogens with one attached hydrogen (secondary N) is 1. The molecule has 0 aliphatic carbocycles. The summed E-state index contributed by atoms with van der Waals surface area (Å²) >= 11 is 1.27. The van der Waals surface area contributed by atoms with Gasteiger partial charge in [-0.05, 0) is 24.3 Å². The van der Waals surface area contributed by atoms with Crippen LogP contribution in [0.1, 0.15) is 13.8 Å². The van der Waals surface area contributed by atoms with Gasteiger partial charge in [-0.2, -0.15) is 4.31 Å². The third-order valence-electron chi connectivity index (χ3n) is 3.48. The molecule has 0 aliphatic rings. The smallest absolute Gasteiger partial charge is 0.243 e. The van der Waals surface area contributed by atoms with Crippen molar-refractivity contribution in [1.82, 2.24) is 19.1 Å². The van der Waals surface area contributed by atoms with Gasteiger partial charge in [0.15, 0.2) is 5.16 Å². The first kappa shape index (κ1) is 19.4. The first-order valence-electron chi connectivity index (χ1n) is 7.75. The Bertz CT molecular complexity index is 814. The first-order valence-corrected chi connectivity index (χ1v) is 10.2. The molecular formula is C15H21N5O3S2. The van der Waals surface area contributed by atoms with Crippen LogP contribution in [0, 0.1) is 0 Å². The highest BCUT2D eigenvalue weighted by Crippen LogP contribution is 2.19. The van der Waals surface area contributed by atoms with E-state index in [9.17, 15) is 13.2 Å². The molecule has 1 aromatic carbocycles. The predicted octanol–water partition coefficient (Wildman–Crippen LogP) is 1.58. The molecule has 1 aromatic heterocycles. The zero-order valence-electron chi connectivity index (χ0n) is 14.3. The van der Waals surface area contributed by atoms with Crippen LogP contribution in [0.2, 0.25) is 0 Å². The molecule has 25 heavy (non-hydrogen) atoms. The Labute approximate surface area is 151 Å². The summed E-state index contributed by atoms with van der Waals surface area (Å²) in [5, 5.41) is 11.0. The largest absolute Gasteiger partial charge is 0.325 e. The second kappa shape index (κ2) is 8.45. The summed E-state index contributed by atoms with van der Waals surface area (Å²) in [6, 6.07) is 6.17. The average Bonchev–Trinajstić information content (AvgIpc) is 2.99. The number of nitrogens with zero attached hydrogens (tertiary/aromatic N) is 4. The van der Waals surface area contributed by atoms with Crippen molar-refractivity contribution in [3.05, 3.63) is 30.6 Å². The second-order valence-electron chi connectivity index (χ2n) is 5.17. The van der Waals surface area contributed by atoms with Gasteiger partial charge in [0.1, 0.15) is 6.33 Å². The topological polar surface area (TPSA) is 97.2 Å². The van der Waals surface area contributed by atoms with E-state index in [1.165, 1.54) is 28.2 Å². The van der Waals surface area contributed by atoms with Crippen LogP contribution in [0.5, 0.6) is 0 Å². The van der Waals surface area contributed by atoms with E-state index in [2.05, 4.69) is 15.5 Å². The van der Waals surface area contributed by atoms with E-state index in [0.29, 0.717) is 23.9 Å². The van der Waals surface area contributed by atoms with Gasteiger partial charge in [0.2, 0.25) is 15.9 Å². The van der Waals surface area contributed by atoms with Gasteiger partial charge >= 0.3 is 0 Å². The van der Waals surface area contributed by atoms with Crippen LogP contribution in [0.4, 0.5) is 5.69 Å². The van der Waals surface area contributed by atoms with Crippen LogP contribution in [0.15, 0.2) is 40.6 Å². The number of thioether (sulfide) groups is 1. The molecule has 0 aliphatic heterocycles. The maximum Gasteiger partial charge on any atom is 0.243 e. The summed E-state index contributed by atoms with van der Waals surface area (Å²) in [7, 11) is -1.69. The molecule has 136 valence electrons. The van der Waals surface area contributed by atoms with Crippen LogP contribution >= 0.6 is 11.8 Å². The fraction of sp³-hybridized carbons (Fsp3) is 0.400. The number of carbonyl (C=O) groups excluding carboxylic acids is 1. The van der Waals surface area contributed by atoms with Crippen LogP contribution in [0.3, 0.4) is 0 Å². The van der Waals surface area contributed by atoms with Crippen molar-refractivity contribution < 1.29 is 13.2 Å². The molecule has 0 saturated heterocycles. The monoisotopic (exact) mass is 383 g/mol. The normalized spacial score (nSPS) is 11.7. The van der Waals surface area contributed by atoms with Crippen molar-refractivity contribution >= 4 is 33.4 Å². The Kier molecular flexibility index (Phi) is 6.57. The standard InChI is InChI=1S/C15H21N5O3S2/c1-4-20(5-2)25(22,23)13-8-6-12(7-9-13)17-14(21)10-24-15-18-16-11-19(15)3/h6-9,11H,4-5,10H2,1-3H3,(H,17,21). The van der Waals surface area contributed by atoms with Crippen LogP contribution in [0.25, 0.3) is 0 Å². The number of sulfonamides is 1. The molecule has 0 radical (unpaired) electrons. The molecule has 2 rings (SSSR count). The van der Waals surface area contributed by atoms with E-state index in [0.717, 1.165) is 0 Å².